The highest BCUT2D eigenvalue weighted by molar-refractivity contribution is 7.99. The van der Waals surface area contributed by atoms with Crippen molar-refractivity contribution in [1.29, 1.82) is 0 Å². The number of rotatable bonds is 3. The Kier molecular flexibility index (Phi) is 5.88. The lowest BCUT2D eigenvalue weighted by atomic mass is 9.92. The van der Waals surface area contributed by atoms with Crippen molar-refractivity contribution in [2.75, 3.05) is 42.3 Å². The van der Waals surface area contributed by atoms with E-state index < -0.39 is 0 Å². The Morgan fingerprint density at radius 1 is 1.20 bits per heavy atom. The number of hydrogen-bond donors (Lipinski definition) is 1. The molecule has 0 spiro atoms. The molecule has 7 nitrogen and oxygen atoms in total. The number of nitrogens with one attached hydrogen (secondary N) is 1. The molecule has 1 aromatic carbocycles. The molecule has 1 fully saturated rings. The van der Waals surface area contributed by atoms with Gasteiger partial charge in [-0.15, -0.1) is 0 Å². The standard InChI is InChI=1S/C22H28N4O3S/c1-22(2,3)18-12-19(27)26-13-15(14-30-21(26)24-18)20(28)23-16-4-6-17(7-5-16)25-8-10-29-11-9-25/h4-7,12,15H,8-11,13-14H2,1-3H3,(H,23,28). The zero-order valence-electron chi connectivity index (χ0n) is 17.7. The van der Waals surface area contributed by atoms with Gasteiger partial charge < -0.3 is 15.0 Å². The maximum Gasteiger partial charge on any atom is 0.254 e. The van der Waals surface area contributed by atoms with E-state index in [0.717, 1.165) is 43.4 Å². The molecule has 1 saturated heterocycles. The highest BCUT2D eigenvalue weighted by atomic mass is 32.2. The number of carbonyl (C=O) groups is 1. The minimum absolute atomic E-state index is 0.0703. The van der Waals surface area contributed by atoms with E-state index in [4.69, 9.17) is 4.74 Å². The van der Waals surface area contributed by atoms with Gasteiger partial charge in [0.2, 0.25) is 5.91 Å². The van der Waals surface area contributed by atoms with Crippen molar-refractivity contribution in [3.05, 3.63) is 46.4 Å². The fourth-order valence-electron chi connectivity index (χ4n) is 3.58. The van der Waals surface area contributed by atoms with E-state index in [-0.39, 0.29) is 22.8 Å². The van der Waals surface area contributed by atoms with Gasteiger partial charge in [0.15, 0.2) is 5.16 Å². The van der Waals surface area contributed by atoms with Crippen molar-refractivity contribution in [3.8, 4) is 0 Å². The smallest absolute Gasteiger partial charge is 0.254 e. The molecular weight excluding hydrogens is 400 g/mol. The summed E-state index contributed by atoms with van der Waals surface area (Å²) in [4.78, 5) is 32.4. The summed E-state index contributed by atoms with van der Waals surface area (Å²) >= 11 is 1.47. The molecule has 0 radical (unpaired) electrons. The number of morpholine rings is 1. The van der Waals surface area contributed by atoms with Gasteiger partial charge in [0.1, 0.15) is 0 Å². The molecule has 8 heteroatoms. The number of hydrogen-bond acceptors (Lipinski definition) is 6. The number of benzene rings is 1. The molecule has 2 aromatic rings. The van der Waals surface area contributed by atoms with Crippen LogP contribution in [0.2, 0.25) is 0 Å². The molecule has 0 bridgehead atoms. The zero-order valence-corrected chi connectivity index (χ0v) is 18.5. The van der Waals surface area contributed by atoms with Crippen LogP contribution in [0.4, 0.5) is 11.4 Å². The van der Waals surface area contributed by atoms with E-state index in [1.165, 1.54) is 11.8 Å². The summed E-state index contributed by atoms with van der Waals surface area (Å²) in [6.07, 6.45) is 0. The molecule has 2 aliphatic heterocycles. The monoisotopic (exact) mass is 428 g/mol. The summed E-state index contributed by atoms with van der Waals surface area (Å²) in [5.74, 6) is 0.262. The lowest BCUT2D eigenvalue weighted by Gasteiger charge is -2.29. The quantitative estimate of drug-likeness (QED) is 0.758. The average molecular weight is 429 g/mol. The van der Waals surface area contributed by atoms with Crippen LogP contribution in [0.15, 0.2) is 40.3 Å². The maximum atomic E-state index is 12.8. The highest BCUT2D eigenvalue weighted by Crippen LogP contribution is 2.29. The fraction of sp³-hybridized carbons (Fsp3) is 0.500. The van der Waals surface area contributed by atoms with Crippen molar-refractivity contribution in [2.24, 2.45) is 5.92 Å². The third-order valence-corrected chi connectivity index (χ3v) is 6.58. The zero-order chi connectivity index (χ0) is 21.3. The Morgan fingerprint density at radius 2 is 1.90 bits per heavy atom. The van der Waals surface area contributed by atoms with Crippen molar-refractivity contribution in [1.82, 2.24) is 9.55 Å². The van der Waals surface area contributed by atoms with Crippen molar-refractivity contribution < 1.29 is 9.53 Å². The molecule has 1 amide bonds. The Balaban J connectivity index is 1.42. The summed E-state index contributed by atoms with van der Waals surface area (Å²) in [5.41, 5.74) is 2.41. The van der Waals surface area contributed by atoms with E-state index in [9.17, 15) is 9.59 Å². The van der Waals surface area contributed by atoms with Crippen molar-refractivity contribution in [2.45, 2.75) is 37.9 Å². The number of carbonyl (C=O) groups excluding carboxylic acids is 1. The predicted octanol–water partition coefficient (Wildman–Crippen LogP) is 2.74. The fourth-order valence-corrected chi connectivity index (χ4v) is 4.67. The van der Waals surface area contributed by atoms with Gasteiger partial charge in [0, 0.05) is 48.2 Å². The Labute approximate surface area is 180 Å². The van der Waals surface area contributed by atoms with Gasteiger partial charge in [-0.25, -0.2) is 4.98 Å². The first-order chi connectivity index (χ1) is 14.3. The summed E-state index contributed by atoms with van der Waals surface area (Å²) < 4.78 is 7.01. The van der Waals surface area contributed by atoms with Crippen LogP contribution in [-0.2, 0) is 21.5 Å². The number of ether oxygens (including phenoxy) is 1. The van der Waals surface area contributed by atoms with E-state index in [1.54, 1.807) is 10.6 Å². The second-order valence-electron chi connectivity index (χ2n) is 8.77. The van der Waals surface area contributed by atoms with E-state index in [0.29, 0.717) is 17.5 Å². The Hall–Kier alpha value is -2.32. The van der Waals surface area contributed by atoms with Crippen LogP contribution in [-0.4, -0.2) is 47.5 Å². The minimum Gasteiger partial charge on any atom is -0.378 e. The lowest BCUT2D eigenvalue weighted by Crippen LogP contribution is -2.37. The largest absolute Gasteiger partial charge is 0.378 e. The molecule has 1 atom stereocenters. The van der Waals surface area contributed by atoms with Gasteiger partial charge in [0.25, 0.3) is 5.56 Å². The molecule has 1 aromatic heterocycles. The predicted molar refractivity (Wildman–Crippen MR) is 120 cm³/mol. The molecular formula is C22H28N4O3S. The minimum atomic E-state index is -0.276. The van der Waals surface area contributed by atoms with Gasteiger partial charge in [-0.2, -0.15) is 0 Å². The van der Waals surface area contributed by atoms with Gasteiger partial charge >= 0.3 is 0 Å². The first-order valence-electron chi connectivity index (χ1n) is 10.3. The lowest BCUT2D eigenvalue weighted by molar-refractivity contribution is -0.119. The van der Waals surface area contributed by atoms with Gasteiger partial charge in [-0.05, 0) is 24.3 Å². The summed E-state index contributed by atoms with van der Waals surface area (Å²) in [6, 6.07) is 9.49. The van der Waals surface area contributed by atoms with Crippen molar-refractivity contribution in [3.63, 3.8) is 0 Å². The topological polar surface area (TPSA) is 76.5 Å². The van der Waals surface area contributed by atoms with E-state index in [1.807, 2.05) is 45.0 Å². The number of nitrogens with zero attached hydrogens (tertiary/aromatic N) is 3. The molecule has 160 valence electrons. The summed E-state index contributed by atoms with van der Waals surface area (Å²) in [5, 5.41) is 3.70. The average Bonchev–Trinajstić information content (AvgIpc) is 2.74. The molecule has 0 saturated carbocycles. The first-order valence-corrected chi connectivity index (χ1v) is 11.3. The third-order valence-electron chi connectivity index (χ3n) is 5.44. The normalized spacial score (nSPS) is 19.3. The molecule has 4 rings (SSSR count). The van der Waals surface area contributed by atoms with Gasteiger partial charge in [-0.1, -0.05) is 32.5 Å². The SMILES string of the molecule is CC(C)(C)c1cc(=O)n2c(n1)SCC(C(=O)Nc1ccc(N3CCOCC3)cc1)C2. The van der Waals surface area contributed by atoms with Crippen LogP contribution in [0, 0.1) is 5.92 Å². The molecule has 3 heterocycles. The van der Waals surface area contributed by atoms with Crippen LogP contribution < -0.4 is 15.8 Å². The molecule has 0 aliphatic carbocycles. The van der Waals surface area contributed by atoms with Crippen LogP contribution in [0.1, 0.15) is 26.5 Å². The second kappa shape index (κ2) is 8.43. The van der Waals surface area contributed by atoms with Gasteiger partial charge in [0.05, 0.1) is 24.8 Å². The third kappa shape index (κ3) is 4.54. The molecule has 2 aliphatic rings. The Bertz CT molecular complexity index is 975. The van der Waals surface area contributed by atoms with Crippen molar-refractivity contribution >= 4 is 29.0 Å². The number of amides is 1. The first kappa shape index (κ1) is 20.9. The van der Waals surface area contributed by atoms with Crippen LogP contribution in [0.25, 0.3) is 0 Å². The number of thioether (sulfide) groups is 1. The highest BCUT2D eigenvalue weighted by Gasteiger charge is 2.28. The van der Waals surface area contributed by atoms with Crippen LogP contribution in [0.5, 0.6) is 0 Å². The Morgan fingerprint density at radius 3 is 2.57 bits per heavy atom. The van der Waals surface area contributed by atoms with E-state index >= 15 is 0 Å². The number of anilines is 2. The maximum absolute atomic E-state index is 12.8. The van der Waals surface area contributed by atoms with Crippen LogP contribution >= 0.6 is 11.8 Å². The number of fused-ring (bicyclic) bond motifs is 1. The summed E-state index contributed by atoms with van der Waals surface area (Å²) in [6.45, 7) is 9.72. The molecule has 1 unspecified atom stereocenters. The molecule has 1 N–H and O–H groups in total. The molecule has 30 heavy (non-hydrogen) atoms. The second-order valence-corrected chi connectivity index (χ2v) is 9.75. The number of aromatic nitrogens is 2. The van der Waals surface area contributed by atoms with E-state index in [2.05, 4.69) is 15.2 Å². The van der Waals surface area contributed by atoms with Crippen LogP contribution in [0.3, 0.4) is 0 Å². The van der Waals surface area contributed by atoms with Gasteiger partial charge in [-0.3, -0.25) is 14.2 Å². The summed E-state index contributed by atoms with van der Waals surface area (Å²) in [7, 11) is 0.